The van der Waals surface area contributed by atoms with Crippen molar-refractivity contribution in [3.05, 3.63) is 11.2 Å². The van der Waals surface area contributed by atoms with Gasteiger partial charge in [0.15, 0.2) is 5.15 Å². The normalized spacial score (nSPS) is 9.40. The van der Waals surface area contributed by atoms with E-state index in [1.807, 2.05) is 0 Å². The van der Waals surface area contributed by atoms with Gasteiger partial charge in [-0.15, -0.1) is 0 Å². The number of aryl methyl sites for hydroxylation is 1. The second kappa shape index (κ2) is 2.70. The summed E-state index contributed by atoms with van der Waals surface area (Å²) in [5, 5.41) is 4.03. The van der Waals surface area contributed by atoms with Crippen molar-refractivity contribution in [2.24, 2.45) is 7.05 Å². The van der Waals surface area contributed by atoms with E-state index in [1.54, 1.807) is 7.05 Å². The van der Waals surface area contributed by atoms with Crippen LogP contribution in [-0.4, -0.2) is 16.3 Å². The molecule has 0 fully saturated rings. The SMILES string of the molecule is Cn1nc(Cl)cc1OC=O. The maximum atomic E-state index is 9.83. The van der Waals surface area contributed by atoms with E-state index in [4.69, 9.17) is 11.6 Å². The maximum absolute atomic E-state index is 9.83. The minimum Gasteiger partial charge on any atom is -0.410 e. The van der Waals surface area contributed by atoms with Gasteiger partial charge < -0.3 is 4.74 Å². The first kappa shape index (κ1) is 7.08. The summed E-state index contributed by atoms with van der Waals surface area (Å²) in [5.41, 5.74) is 0. The quantitative estimate of drug-likeness (QED) is 0.596. The number of hydrogen-bond donors (Lipinski definition) is 0. The summed E-state index contributed by atoms with van der Waals surface area (Å²) in [6.45, 7) is 0.327. The lowest BCUT2D eigenvalue weighted by Gasteiger charge is -1.93. The molecular formula is C5H5ClN2O2. The zero-order valence-corrected chi connectivity index (χ0v) is 6.00. The average Bonchev–Trinajstić information content (AvgIpc) is 2.13. The summed E-state index contributed by atoms with van der Waals surface area (Å²) in [7, 11) is 1.63. The molecule has 5 heteroatoms. The van der Waals surface area contributed by atoms with Crippen LogP contribution in [0.4, 0.5) is 0 Å². The fraction of sp³-hybridized carbons (Fsp3) is 0.200. The number of carbonyl (C=O) groups is 1. The lowest BCUT2D eigenvalue weighted by Crippen LogP contribution is -1.96. The monoisotopic (exact) mass is 160 g/mol. The number of carbonyl (C=O) groups excluding carboxylic acids is 1. The summed E-state index contributed by atoms with van der Waals surface area (Å²) in [4.78, 5) is 9.83. The molecule has 0 N–H and O–H groups in total. The fourth-order valence-corrected chi connectivity index (χ4v) is 0.783. The molecular weight excluding hydrogens is 156 g/mol. The first-order valence-corrected chi connectivity index (χ1v) is 2.91. The van der Waals surface area contributed by atoms with Gasteiger partial charge in [0.2, 0.25) is 5.88 Å². The van der Waals surface area contributed by atoms with Crippen LogP contribution in [0.15, 0.2) is 6.07 Å². The Hall–Kier alpha value is -1.03. The summed E-state index contributed by atoms with van der Waals surface area (Å²) in [6.07, 6.45) is 0. The van der Waals surface area contributed by atoms with Crippen LogP contribution in [0, 0.1) is 0 Å². The van der Waals surface area contributed by atoms with Crippen molar-refractivity contribution in [3.63, 3.8) is 0 Å². The van der Waals surface area contributed by atoms with Crippen molar-refractivity contribution in [2.75, 3.05) is 0 Å². The van der Waals surface area contributed by atoms with E-state index in [1.165, 1.54) is 10.7 Å². The lowest BCUT2D eigenvalue weighted by molar-refractivity contribution is -0.121. The molecule has 54 valence electrons. The van der Waals surface area contributed by atoms with Gasteiger partial charge in [-0.3, -0.25) is 4.79 Å². The van der Waals surface area contributed by atoms with Crippen molar-refractivity contribution in [3.8, 4) is 5.88 Å². The van der Waals surface area contributed by atoms with Crippen molar-refractivity contribution in [2.45, 2.75) is 0 Å². The van der Waals surface area contributed by atoms with E-state index in [2.05, 4.69) is 9.84 Å². The highest BCUT2D eigenvalue weighted by Gasteiger charge is 2.01. The molecule has 0 aliphatic carbocycles. The van der Waals surface area contributed by atoms with Gasteiger partial charge in [-0.2, -0.15) is 5.10 Å². The highest BCUT2D eigenvalue weighted by atomic mass is 35.5. The van der Waals surface area contributed by atoms with Crippen LogP contribution in [-0.2, 0) is 11.8 Å². The Morgan fingerprint density at radius 3 is 3.00 bits per heavy atom. The largest absolute Gasteiger partial charge is 0.410 e. The van der Waals surface area contributed by atoms with E-state index < -0.39 is 0 Å². The van der Waals surface area contributed by atoms with Gasteiger partial charge in [0.05, 0.1) is 0 Å². The first-order valence-electron chi connectivity index (χ1n) is 2.54. The summed E-state index contributed by atoms with van der Waals surface area (Å²) < 4.78 is 5.86. The molecule has 0 saturated heterocycles. The van der Waals surface area contributed by atoms with Crippen LogP contribution in [0.2, 0.25) is 5.15 Å². The molecule has 0 aliphatic heterocycles. The Morgan fingerprint density at radius 2 is 2.60 bits per heavy atom. The molecule has 0 spiro atoms. The topological polar surface area (TPSA) is 44.1 Å². The van der Waals surface area contributed by atoms with Gasteiger partial charge in [0.25, 0.3) is 6.47 Å². The maximum Gasteiger partial charge on any atom is 0.299 e. The summed E-state index contributed by atoms with van der Waals surface area (Å²) >= 11 is 5.47. The molecule has 0 atom stereocenters. The predicted octanol–water partition coefficient (Wildman–Crippen LogP) is 0.609. The first-order chi connectivity index (χ1) is 4.74. The van der Waals surface area contributed by atoms with Crippen LogP contribution in [0.25, 0.3) is 0 Å². The van der Waals surface area contributed by atoms with Gasteiger partial charge in [0.1, 0.15) is 0 Å². The number of nitrogens with zero attached hydrogens (tertiary/aromatic N) is 2. The number of hydrogen-bond acceptors (Lipinski definition) is 3. The second-order valence-corrected chi connectivity index (χ2v) is 2.03. The molecule has 10 heavy (non-hydrogen) atoms. The smallest absolute Gasteiger partial charge is 0.299 e. The van der Waals surface area contributed by atoms with Crippen LogP contribution in [0.3, 0.4) is 0 Å². The number of ether oxygens (including phenoxy) is 1. The zero-order valence-electron chi connectivity index (χ0n) is 5.24. The third-order valence-electron chi connectivity index (χ3n) is 0.976. The molecule has 0 aliphatic rings. The number of halogens is 1. The molecule has 0 aromatic carbocycles. The lowest BCUT2D eigenvalue weighted by atomic mass is 10.7. The molecule has 0 bridgehead atoms. The van der Waals surface area contributed by atoms with Gasteiger partial charge in [-0.25, -0.2) is 4.68 Å². The Bertz CT molecular complexity index is 246. The van der Waals surface area contributed by atoms with Crippen molar-refractivity contribution >= 4 is 18.1 Å². The van der Waals surface area contributed by atoms with Crippen LogP contribution < -0.4 is 4.74 Å². The highest BCUT2D eigenvalue weighted by molar-refractivity contribution is 6.29. The molecule has 1 aromatic heterocycles. The Kier molecular flexibility index (Phi) is 1.91. The van der Waals surface area contributed by atoms with Gasteiger partial charge in [-0.1, -0.05) is 11.6 Å². The second-order valence-electron chi connectivity index (χ2n) is 1.64. The van der Waals surface area contributed by atoms with E-state index in [0.29, 0.717) is 17.5 Å². The van der Waals surface area contributed by atoms with E-state index in [-0.39, 0.29) is 0 Å². The van der Waals surface area contributed by atoms with E-state index in [0.717, 1.165) is 0 Å². The zero-order chi connectivity index (χ0) is 7.56. The molecule has 1 heterocycles. The third kappa shape index (κ3) is 1.27. The number of aromatic nitrogens is 2. The molecule has 1 aromatic rings. The summed E-state index contributed by atoms with van der Waals surface area (Å²) in [5.74, 6) is 0.333. The highest BCUT2D eigenvalue weighted by Crippen LogP contribution is 2.14. The van der Waals surface area contributed by atoms with Crippen molar-refractivity contribution in [1.82, 2.24) is 9.78 Å². The van der Waals surface area contributed by atoms with Crippen molar-refractivity contribution in [1.29, 1.82) is 0 Å². The van der Waals surface area contributed by atoms with Crippen LogP contribution in [0.5, 0.6) is 5.88 Å². The van der Waals surface area contributed by atoms with Crippen molar-refractivity contribution < 1.29 is 9.53 Å². The van der Waals surface area contributed by atoms with E-state index in [9.17, 15) is 4.79 Å². The van der Waals surface area contributed by atoms with Gasteiger partial charge >= 0.3 is 0 Å². The number of rotatable bonds is 2. The Labute approximate surface area is 62.3 Å². The molecule has 0 amide bonds. The molecule has 0 radical (unpaired) electrons. The minimum absolute atomic E-state index is 0.305. The molecule has 4 nitrogen and oxygen atoms in total. The molecule has 0 unspecified atom stereocenters. The van der Waals surface area contributed by atoms with Crippen LogP contribution >= 0.6 is 11.6 Å². The molecule has 1 rings (SSSR count). The van der Waals surface area contributed by atoms with Gasteiger partial charge in [-0.05, 0) is 0 Å². The average molecular weight is 161 g/mol. The fourth-order valence-electron chi connectivity index (χ4n) is 0.576. The van der Waals surface area contributed by atoms with Crippen LogP contribution in [0.1, 0.15) is 0 Å². The third-order valence-corrected chi connectivity index (χ3v) is 1.16. The Morgan fingerprint density at radius 1 is 1.90 bits per heavy atom. The van der Waals surface area contributed by atoms with Gasteiger partial charge in [0, 0.05) is 13.1 Å². The Balaban J connectivity index is 2.91. The summed E-state index contributed by atoms with van der Waals surface area (Å²) in [6, 6.07) is 1.45. The predicted molar refractivity (Wildman–Crippen MR) is 34.9 cm³/mol. The van der Waals surface area contributed by atoms with E-state index >= 15 is 0 Å². The minimum atomic E-state index is 0.305. The molecule has 0 saturated carbocycles. The standard InChI is InChI=1S/C5H5ClN2O2/c1-8-5(10-3-9)2-4(6)7-8/h2-3H,1H3.